The molecule has 0 amide bonds. The Morgan fingerprint density at radius 3 is 2.45 bits per heavy atom. The second kappa shape index (κ2) is 11.6. The van der Waals surface area contributed by atoms with Crippen molar-refractivity contribution in [3.8, 4) is 22.6 Å². The fraction of sp³-hybridized carbons (Fsp3) is 0.424. The minimum atomic E-state index is -0.768. The second-order valence-corrected chi connectivity index (χ2v) is 11.7. The van der Waals surface area contributed by atoms with Gasteiger partial charge in [0.1, 0.15) is 23.9 Å². The summed E-state index contributed by atoms with van der Waals surface area (Å²) in [5.41, 5.74) is 4.42. The SMILES string of the molecule is COc1ccc(F)c(-c2ccc(COc3cccc([C@H](CC(=O)O)CC4CC4)c3)cc2[C@@H](C)C(C)(C)C)c1. The van der Waals surface area contributed by atoms with E-state index < -0.39 is 5.97 Å². The highest BCUT2D eigenvalue weighted by Crippen LogP contribution is 2.42. The number of carboxylic acids is 1. The molecule has 4 rings (SSSR count). The molecule has 0 aromatic heterocycles. The molecule has 1 fully saturated rings. The van der Waals surface area contributed by atoms with E-state index in [-0.39, 0.29) is 29.5 Å². The van der Waals surface area contributed by atoms with Crippen LogP contribution in [0.5, 0.6) is 11.5 Å². The van der Waals surface area contributed by atoms with Gasteiger partial charge in [0.2, 0.25) is 0 Å². The van der Waals surface area contributed by atoms with E-state index in [0.29, 0.717) is 23.8 Å². The van der Waals surface area contributed by atoms with Crippen LogP contribution in [0.15, 0.2) is 60.7 Å². The van der Waals surface area contributed by atoms with E-state index in [1.807, 2.05) is 36.4 Å². The maximum atomic E-state index is 14.9. The predicted octanol–water partition coefficient (Wildman–Crippen LogP) is 8.59. The van der Waals surface area contributed by atoms with Gasteiger partial charge in [-0.25, -0.2) is 4.39 Å². The van der Waals surface area contributed by atoms with Crippen LogP contribution < -0.4 is 9.47 Å². The molecule has 0 heterocycles. The van der Waals surface area contributed by atoms with Gasteiger partial charge >= 0.3 is 5.97 Å². The van der Waals surface area contributed by atoms with Gasteiger partial charge in [0.05, 0.1) is 13.5 Å². The second-order valence-electron chi connectivity index (χ2n) is 11.7. The van der Waals surface area contributed by atoms with Crippen LogP contribution in [0.25, 0.3) is 11.1 Å². The van der Waals surface area contributed by atoms with Crippen molar-refractivity contribution >= 4 is 5.97 Å². The topological polar surface area (TPSA) is 55.8 Å². The normalized spacial score (nSPS) is 15.1. The average molecular weight is 519 g/mol. The number of methoxy groups -OCH3 is 1. The Morgan fingerprint density at radius 2 is 1.79 bits per heavy atom. The maximum Gasteiger partial charge on any atom is 0.303 e. The quantitative estimate of drug-likeness (QED) is 0.276. The van der Waals surface area contributed by atoms with Crippen LogP contribution in [0.1, 0.15) is 81.9 Å². The lowest BCUT2D eigenvalue weighted by Crippen LogP contribution is -2.16. The molecule has 38 heavy (non-hydrogen) atoms. The fourth-order valence-electron chi connectivity index (χ4n) is 4.94. The Kier molecular flexibility index (Phi) is 8.44. The highest BCUT2D eigenvalue weighted by atomic mass is 19.1. The Hall–Kier alpha value is -3.34. The summed E-state index contributed by atoms with van der Waals surface area (Å²) in [5.74, 6) is 1.09. The van der Waals surface area contributed by atoms with Crippen molar-refractivity contribution in [1.29, 1.82) is 0 Å². The van der Waals surface area contributed by atoms with E-state index in [1.54, 1.807) is 19.2 Å². The van der Waals surface area contributed by atoms with Crippen molar-refractivity contribution in [2.45, 2.75) is 71.8 Å². The molecule has 3 aromatic rings. The highest BCUT2D eigenvalue weighted by molar-refractivity contribution is 5.71. The summed E-state index contributed by atoms with van der Waals surface area (Å²) >= 11 is 0. The number of hydrogen-bond acceptors (Lipinski definition) is 3. The Balaban J connectivity index is 1.60. The molecule has 1 N–H and O–H groups in total. The molecule has 4 nitrogen and oxygen atoms in total. The van der Waals surface area contributed by atoms with Crippen molar-refractivity contribution in [1.82, 2.24) is 0 Å². The fourth-order valence-corrected chi connectivity index (χ4v) is 4.94. The number of ether oxygens (including phenoxy) is 2. The van der Waals surface area contributed by atoms with Crippen LogP contribution in [-0.2, 0) is 11.4 Å². The molecule has 0 spiro atoms. The molecule has 0 saturated heterocycles. The smallest absolute Gasteiger partial charge is 0.303 e. The summed E-state index contributed by atoms with van der Waals surface area (Å²) in [6.07, 6.45) is 3.43. The van der Waals surface area contributed by atoms with Crippen LogP contribution in [0.2, 0.25) is 0 Å². The lowest BCUT2D eigenvalue weighted by Gasteiger charge is -2.30. The molecule has 1 aliphatic rings. The van der Waals surface area contributed by atoms with Crippen LogP contribution in [0.4, 0.5) is 4.39 Å². The summed E-state index contributed by atoms with van der Waals surface area (Å²) < 4.78 is 26.5. The molecular weight excluding hydrogens is 479 g/mol. The minimum Gasteiger partial charge on any atom is -0.497 e. The van der Waals surface area contributed by atoms with Gasteiger partial charge in [0.25, 0.3) is 0 Å². The number of aliphatic carboxylic acids is 1. The molecule has 202 valence electrons. The predicted molar refractivity (Wildman–Crippen MR) is 149 cm³/mol. The van der Waals surface area contributed by atoms with Gasteiger partial charge in [-0.15, -0.1) is 0 Å². The zero-order valence-corrected chi connectivity index (χ0v) is 23.1. The summed E-state index contributed by atoms with van der Waals surface area (Å²) in [6.45, 7) is 9.10. The highest BCUT2D eigenvalue weighted by Gasteiger charge is 2.28. The zero-order chi connectivity index (χ0) is 27.4. The number of rotatable bonds is 11. The van der Waals surface area contributed by atoms with Crippen LogP contribution in [0.3, 0.4) is 0 Å². The lowest BCUT2D eigenvalue weighted by atomic mass is 9.75. The monoisotopic (exact) mass is 518 g/mol. The van der Waals surface area contributed by atoms with E-state index in [4.69, 9.17) is 9.47 Å². The van der Waals surface area contributed by atoms with Gasteiger partial charge in [-0.3, -0.25) is 4.79 Å². The van der Waals surface area contributed by atoms with Gasteiger partial charge in [-0.1, -0.05) is 70.9 Å². The summed E-state index contributed by atoms with van der Waals surface area (Å²) in [4.78, 5) is 11.5. The largest absolute Gasteiger partial charge is 0.497 e. The first-order valence-corrected chi connectivity index (χ1v) is 13.5. The molecule has 1 saturated carbocycles. The third-order valence-electron chi connectivity index (χ3n) is 7.82. The number of benzene rings is 3. The Morgan fingerprint density at radius 1 is 1.03 bits per heavy atom. The molecular formula is C33H39FO4. The van der Waals surface area contributed by atoms with Crippen LogP contribution in [0, 0.1) is 17.2 Å². The van der Waals surface area contributed by atoms with E-state index in [9.17, 15) is 14.3 Å². The molecule has 1 aliphatic carbocycles. The first kappa shape index (κ1) is 27.7. The van der Waals surface area contributed by atoms with Gasteiger partial charge < -0.3 is 14.6 Å². The number of carboxylic acid groups (broad SMARTS) is 1. The zero-order valence-electron chi connectivity index (χ0n) is 23.1. The number of halogens is 1. The van der Waals surface area contributed by atoms with Gasteiger partial charge in [-0.05, 0) is 82.2 Å². The molecule has 0 radical (unpaired) electrons. The number of carbonyl (C=O) groups is 1. The van der Waals surface area contributed by atoms with Crippen LogP contribution >= 0.6 is 0 Å². The van der Waals surface area contributed by atoms with Crippen molar-refractivity contribution in [3.63, 3.8) is 0 Å². The summed E-state index contributed by atoms with van der Waals surface area (Å²) in [6, 6.07) is 18.7. The third-order valence-corrected chi connectivity index (χ3v) is 7.82. The molecule has 0 aliphatic heterocycles. The van der Waals surface area contributed by atoms with Gasteiger partial charge in [0.15, 0.2) is 0 Å². The molecule has 0 bridgehead atoms. The van der Waals surface area contributed by atoms with E-state index in [2.05, 4.69) is 33.8 Å². The number of hydrogen-bond donors (Lipinski definition) is 1. The van der Waals surface area contributed by atoms with Crippen molar-refractivity contribution in [2.24, 2.45) is 11.3 Å². The molecule has 5 heteroatoms. The Labute approximate surface area is 225 Å². The summed E-state index contributed by atoms with van der Waals surface area (Å²) in [5, 5.41) is 9.42. The van der Waals surface area contributed by atoms with Gasteiger partial charge in [0, 0.05) is 5.56 Å². The first-order chi connectivity index (χ1) is 18.0. The van der Waals surface area contributed by atoms with Crippen molar-refractivity contribution in [3.05, 3.63) is 83.2 Å². The molecule has 0 unspecified atom stereocenters. The third kappa shape index (κ3) is 6.94. The van der Waals surface area contributed by atoms with Crippen molar-refractivity contribution in [2.75, 3.05) is 7.11 Å². The molecule has 3 aromatic carbocycles. The van der Waals surface area contributed by atoms with Crippen LogP contribution in [-0.4, -0.2) is 18.2 Å². The van der Waals surface area contributed by atoms with Gasteiger partial charge in [-0.2, -0.15) is 0 Å². The standard InChI is InChI=1S/C33H39FO4/c1-21(33(2,3)4)29-16-23(11-13-28(29)30-19-26(37-5)12-14-31(30)34)20-38-27-8-6-7-24(17-27)25(18-32(35)36)15-22-9-10-22/h6-8,11-14,16-17,19,21-22,25H,9-10,15,18,20H2,1-5H3,(H,35,36)/t21-,25+/m1/s1. The van der Waals surface area contributed by atoms with E-state index >= 15 is 0 Å². The van der Waals surface area contributed by atoms with E-state index in [0.717, 1.165) is 34.4 Å². The molecule has 2 atom stereocenters. The maximum absolute atomic E-state index is 14.9. The van der Waals surface area contributed by atoms with E-state index in [1.165, 1.54) is 18.9 Å². The Bertz CT molecular complexity index is 1270. The summed E-state index contributed by atoms with van der Waals surface area (Å²) in [7, 11) is 1.58. The average Bonchev–Trinajstić information content (AvgIpc) is 3.70. The first-order valence-electron chi connectivity index (χ1n) is 13.5. The lowest BCUT2D eigenvalue weighted by molar-refractivity contribution is -0.137. The minimum absolute atomic E-state index is 0.000156. The van der Waals surface area contributed by atoms with Crippen molar-refractivity contribution < 1.29 is 23.8 Å².